The van der Waals surface area contributed by atoms with Crippen molar-refractivity contribution in [3.63, 3.8) is 0 Å². The zero-order valence-electron chi connectivity index (χ0n) is 13.4. The van der Waals surface area contributed by atoms with Gasteiger partial charge in [0, 0.05) is 24.2 Å². The number of rotatable bonds is 7. The van der Waals surface area contributed by atoms with E-state index in [1.807, 2.05) is 13.8 Å². The molecule has 3 rings (SSSR count). The van der Waals surface area contributed by atoms with Crippen molar-refractivity contribution < 1.29 is 9.32 Å². The van der Waals surface area contributed by atoms with Crippen molar-refractivity contribution in [1.29, 1.82) is 0 Å². The highest BCUT2D eigenvalue weighted by atomic mass is 16.5. The Morgan fingerprint density at radius 2 is 2.26 bits per heavy atom. The molecule has 0 saturated heterocycles. The highest BCUT2D eigenvalue weighted by molar-refractivity contribution is 5.80. The van der Waals surface area contributed by atoms with Gasteiger partial charge in [-0.25, -0.2) is 4.98 Å². The molecule has 2 aromatic rings. The Morgan fingerprint density at radius 3 is 2.96 bits per heavy atom. The topological polar surface area (TPSA) is 92.9 Å². The molecule has 2 aromatic heterocycles. The van der Waals surface area contributed by atoms with Gasteiger partial charge in [-0.1, -0.05) is 19.0 Å². The minimum Gasteiger partial charge on any atom is -0.361 e. The van der Waals surface area contributed by atoms with Gasteiger partial charge < -0.3 is 15.2 Å². The number of anilines is 1. The summed E-state index contributed by atoms with van der Waals surface area (Å²) in [6.45, 7) is 4.99. The van der Waals surface area contributed by atoms with Gasteiger partial charge in [0.25, 0.3) is 5.89 Å². The van der Waals surface area contributed by atoms with Gasteiger partial charge in [0.2, 0.25) is 5.91 Å². The second-order valence-electron chi connectivity index (χ2n) is 6.14. The summed E-state index contributed by atoms with van der Waals surface area (Å²) in [7, 11) is 0. The van der Waals surface area contributed by atoms with Crippen molar-refractivity contribution >= 4 is 11.7 Å². The Balaban J connectivity index is 1.58. The Bertz CT molecular complexity index is 679. The molecule has 23 heavy (non-hydrogen) atoms. The molecule has 0 unspecified atom stereocenters. The van der Waals surface area contributed by atoms with Crippen LogP contribution in [0.2, 0.25) is 0 Å². The van der Waals surface area contributed by atoms with E-state index in [1.54, 1.807) is 18.3 Å². The molecule has 1 saturated carbocycles. The number of amides is 1. The Hall–Kier alpha value is -2.44. The van der Waals surface area contributed by atoms with Crippen LogP contribution in [0.5, 0.6) is 0 Å². The van der Waals surface area contributed by atoms with Crippen molar-refractivity contribution in [1.82, 2.24) is 20.4 Å². The molecule has 7 nitrogen and oxygen atoms in total. The molecule has 0 aromatic carbocycles. The van der Waals surface area contributed by atoms with Crippen LogP contribution in [0, 0.1) is 5.92 Å². The molecule has 0 spiro atoms. The third kappa shape index (κ3) is 4.28. The first-order valence-corrected chi connectivity index (χ1v) is 7.92. The lowest BCUT2D eigenvalue weighted by atomic mass is 10.2. The van der Waals surface area contributed by atoms with E-state index in [-0.39, 0.29) is 18.4 Å². The monoisotopic (exact) mass is 315 g/mol. The average Bonchev–Trinajstić information content (AvgIpc) is 3.24. The maximum atomic E-state index is 11.7. The van der Waals surface area contributed by atoms with E-state index in [1.165, 1.54) is 12.8 Å². The molecule has 1 amide bonds. The second-order valence-corrected chi connectivity index (χ2v) is 6.14. The van der Waals surface area contributed by atoms with Crippen molar-refractivity contribution in [2.24, 2.45) is 5.92 Å². The van der Waals surface area contributed by atoms with Gasteiger partial charge in [-0.15, -0.1) is 0 Å². The van der Waals surface area contributed by atoms with Crippen LogP contribution < -0.4 is 10.6 Å². The van der Waals surface area contributed by atoms with Crippen molar-refractivity contribution in [2.45, 2.75) is 32.6 Å². The minimum absolute atomic E-state index is 0.0241. The molecule has 1 fully saturated rings. The van der Waals surface area contributed by atoms with E-state index >= 15 is 0 Å². The molecule has 7 heteroatoms. The van der Waals surface area contributed by atoms with Crippen LogP contribution >= 0.6 is 0 Å². The summed E-state index contributed by atoms with van der Waals surface area (Å²) < 4.78 is 5.27. The quantitative estimate of drug-likeness (QED) is 0.813. The van der Waals surface area contributed by atoms with Gasteiger partial charge in [0.15, 0.2) is 5.82 Å². The lowest BCUT2D eigenvalue weighted by Gasteiger charge is -2.07. The molecule has 0 aliphatic heterocycles. The van der Waals surface area contributed by atoms with Crippen LogP contribution in [0.15, 0.2) is 22.9 Å². The van der Waals surface area contributed by atoms with Gasteiger partial charge in [0.1, 0.15) is 5.82 Å². The maximum Gasteiger partial charge on any atom is 0.258 e. The predicted octanol–water partition coefficient (Wildman–Crippen LogP) is 2.19. The largest absolute Gasteiger partial charge is 0.361 e. The Labute approximate surface area is 134 Å². The third-order valence-corrected chi connectivity index (χ3v) is 3.68. The zero-order chi connectivity index (χ0) is 16.2. The normalized spacial score (nSPS) is 14.0. The number of pyridine rings is 1. The fourth-order valence-corrected chi connectivity index (χ4v) is 2.06. The first-order valence-electron chi connectivity index (χ1n) is 7.92. The fraction of sp³-hybridized carbons (Fsp3) is 0.500. The molecule has 1 aliphatic rings. The first kappa shape index (κ1) is 15.5. The molecule has 2 N–H and O–H groups in total. The van der Waals surface area contributed by atoms with Gasteiger partial charge in [-0.3, -0.25) is 4.79 Å². The van der Waals surface area contributed by atoms with Crippen molar-refractivity contribution in [3.8, 4) is 11.5 Å². The number of aromatic nitrogens is 3. The minimum atomic E-state index is -0.0241. The van der Waals surface area contributed by atoms with Crippen LogP contribution in [0.25, 0.3) is 11.5 Å². The smallest absolute Gasteiger partial charge is 0.258 e. The molecule has 122 valence electrons. The van der Waals surface area contributed by atoms with Crippen molar-refractivity contribution in [3.05, 3.63) is 24.2 Å². The summed E-state index contributed by atoms with van der Waals surface area (Å²) in [4.78, 5) is 20.3. The van der Waals surface area contributed by atoms with Crippen LogP contribution in [0.4, 0.5) is 5.82 Å². The number of hydrogen-bond acceptors (Lipinski definition) is 6. The second kappa shape index (κ2) is 6.76. The van der Waals surface area contributed by atoms with Crippen LogP contribution in [0.1, 0.15) is 38.4 Å². The summed E-state index contributed by atoms with van der Waals surface area (Å²) in [6, 6.07) is 3.60. The van der Waals surface area contributed by atoms with Crippen molar-refractivity contribution in [2.75, 3.05) is 18.4 Å². The lowest BCUT2D eigenvalue weighted by Crippen LogP contribution is -2.31. The van der Waals surface area contributed by atoms with Gasteiger partial charge in [0.05, 0.1) is 6.54 Å². The number of carbonyl (C=O) groups is 1. The zero-order valence-corrected chi connectivity index (χ0v) is 13.4. The molecule has 0 radical (unpaired) electrons. The number of hydrogen-bond donors (Lipinski definition) is 2. The standard InChI is InChI=1S/C16H21N5O2/c1-10(2)15-20-16(23-21-15)12-5-6-17-13(7-12)18-9-14(22)19-8-11-3-4-11/h5-7,10-11H,3-4,8-9H2,1-2H3,(H,17,18)(H,19,22). The molecular weight excluding hydrogens is 294 g/mol. The summed E-state index contributed by atoms with van der Waals surface area (Å²) in [5.74, 6) is 2.59. The Morgan fingerprint density at radius 1 is 1.43 bits per heavy atom. The average molecular weight is 315 g/mol. The summed E-state index contributed by atoms with van der Waals surface area (Å²) in [5, 5.41) is 9.87. The molecular formula is C16H21N5O2. The lowest BCUT2D eigenvalue weighted by molar-refractivity contribution is -0.119. The first-order chi connectivity index (χ1) is 11.1. The van der Waals surface area contributed by atoms with E-state index < -0.39 is 0 Å². The van der Waals surface area contributed by atoms with Crippen LogP contribution in [0.3, 0.4) is 0 Å². The number of carbonyl (C=O) groups excluding carboxylic acids is 1. The summed E-state index contributed by atoms with van der Waals surface area (Å²) in [5.41, 5.74) is 0.778. The maximum absolute atomic E-state index is 11.7. The van der Waals surface area contributed by atoms with E-state index in [4.69, 9.17) is 4.52 Å². The third-order valence-electron chi connectivity index (χ3n) is 3.68. The van der Waals surface area contributed by atoms with Gasteiger partial charge in [-0.2, -0.15) is 4.98 Å². The fourth-order valence-electron chi connectivity index (χ4n) is 2.06. The van der Waals surface area contributed by atoms with E-state index in [0.717, 1.165) is 12.1 Å². The number of nitrogens with zero attached hydrogens (tertiary/aromatic N) is 3. The van der Waals surface area contributed by atoms with Gasteiger partial charge in [-0.05, 0) is 30.9 Å². The van der Waals surface area contributed by atoms with Crippen LogP contribution in [-0.2, 0) is 4.79 Å². The number of nitrogens with one attached hydrogen (secondary N) is 2. The molecule has 0 bridgehead atoms. The molecule has 1 aliphatic carbocycles. The highest BCUT2D eigenvalue weighted by Crippen LogP contribution is 2.27. The summed E-state index contributed by atoms with van der Waals surface area (Å²) in [6.07, 6.45) is 4.10. The van der Waals surface area contributed by atoms with E-state index in [9.17, 15) is 4.79 Å². The Kier molecular flexibility index (Phi) is 4.55. The highest BCUT2D eigenvalue weighted by Gasteiger charge is 2.21. The van der Waals surface area contributed by atoms with Crippen LogP contribution in [-0.4, -0.2) is 34.1 Å². The predicted molar refractivity (Wildman–Crippen MR) is 85.8 cm³/mol. The SMILES string of the molecule is CC(C)c1noc(-c2ccnc(NCC(=O)NCC3CC3)c2)n1. The molecule has 0 atom stereocenters. The van der Waals surface area contributed by atoms with E-state index in [0.29, 0.717) is 23.5 Å². The van der Waals surface area contributed by atoms with E-state index in [2.05, 4.69) is 25.8 Å². The summed E-state index contributed by atoms with van der Waals surface area (Å²) >= 11 is 0. The molecule has 2 heterocycles. The van der Waals surface area contributed by atoms with Gasteiger partial charge >= 0.3 is 0 Å².